The number of nitrogens with two attached hydrogens (primary N) is 1. The summed E-state index contributed by atoms with van der Waals surface area (Å²) in [7, 11) is 0. The van der Waals surface area contributed by atoms with Gasteiger partial charge in [-0.05, 0) is 31.7 Å². The third-order valence-electron chi connectivity index (χ3n) is 3.98. The second-order valence-corrected chi connectivity index (χ2v) is 5.63. The highest BCUT2D eigenvalue weighted by atomic mass is 35.5. The maximum absolute atomic E-state index is 12.3. The first-order valence-corrected chi connectivity index (χ1v) is 7.40. The predicted octanol–water partition coefficient (Wildman–Crippen LogP) is 2.41. The zero-order valence-corrected chi connectivity index (χ0v) is 12.1. The lowest BCUT2D eigenvalue weighted by molar-refractivity contribution is 0.0915. The zero-order valence-electron chi connectivity index (χ0n) is 11.4. The van der Waals surface area contributed by atoms with Crippen LogP contribution >= 0.6 is 11.6 Å². The average Bonchev–Trinajstić information content (AvgIpc) is 3.04. The van der Waals surface area contributed by atoms with Gasteiger partial charge in [-0.2, -0.15) is 0 Å². The Morgan fingerprint density at radius 1 is 1.58 bits per heavy atom. The summed E-state index contributed by atoms with van der Waals surface area (Å²) in [5.74, 6) is 0.450. The molecule has 0 aliphatic heterocycles. The van der Waals surface area contributed by atoms with Crippen LogP contribution in [0, 0.1) is 5.92 Å². The molecular formula is C14H22ClN3O. The number of hydrogen-bond acceptors (Lipinski definition) is 2. The Morgan fingerprint density at radius 2 is 2.26 bits per heavy atom. The number of rotatable bonds is 5. The second-order valence-electron chi connectivity index (χ2n) is 5.19. The fraction of sp³-hybridized carbons (Fsp3) is 0.643. The van der Waals surface area contributed by atoms with E-state index in [1.165, 1.54) is 12.8 Å². The summed E-state index contributed by atoms with van der Waals surface area (Å²) in [6.45, 7) is 3.22. The lowest BCUT2D eigenvalue weighted by Gasteiger charge is -2.23. The van der Waals surface area contributed by atoms with E-state index in [1.54, 1.807) is 12.3 Å². The number of aromatic nitrogens is 1. The van der Waals surface area contributed by atoms with Gasteiger partial charge in [0.05, 0.1) is 5.02 Å². The van der Waals surface area contributed by atoms with Crippen LogP contribution in [0.5, 0.6) is 0 Å². The SMILES string of the molecule is CCn1cc(Cl)cc1C(=O)NC(CN)C1CCCC1. The number of aryl methyl sites for hydroxylation is 1. The topological polar surface area (TPSA) is 60.0 Å². The second kappa shape index (κ2) is 6.44. The molecule has 1 aliphatic carbocycles. The van der Waals surface area contributed by atoms with Gasteiger partial charge in [-0.1, -0.05) is 24.4 Å². The van der Waals surface area contributed by atoms with Crippen LogP contribution in [0.1, 0.15) is 43.1 Å². The molecule has 1 heterocycles. The molecule has 0 radical (unpaired) electrons. The first-order chi connectivity index (χ1) is 9.15. The van der Waals surface area contributed by atoms with Gasteiger partial charge >= 0.3 is 0 Å². The summed E-state index contributed by atoms with van der Waals surface area (Å²) in [6, 6.07) is 1.79. The van der Waals surface area contributed by atoms with E-state index in [1.807, 2.05) is 11.5 Å². The molecule has 0 spiro atoms. The number of carbonyl (C=O) groups is 1. The van der Waals surface area contributed by atoms with Gasteiger partial charge in [-0.25, -0.2) is 0 Å². The fourth-order valence-corrected chi connectivity index (χ4v) is 3.12. The normalized spacial score (nSPS) is 17.6. The summed E-state index contributed by atoms with van der Waals surface area (Å²) >= 11 is 5.96. The first kappa shape index (κ1) is 14.4. The number of amides is 1. The molecule has 1 fully saturated rings. The highest BCUT2D eigenvalue weighted by molar-refractivity contribution is 6.31. The van der Waals surface area contributed by atoms with Crippen molar-refractivity contribution in [1.29, 1.82) is 0 Å². The molecule has 0 aromatic carbocycles. The van der Waals surface area contributed by atoms with E-state index in [9.17, 15) is 4.79 Å². The van der Waals surface area contributed by atoms with Crippen molar-refractivity contribution in [3.8, 4) is 0 Å². The lowest BCUT2D eigenvalue weighted by Crippen LogP contribution is -2.45. The van der Waals surface area contributed by atoms with Crippen molar-refractivity contribution < 1.29 is 4.79 Å². The smallest absolute Gasteiger partial charge is 0.268 e. The molecule has 1 atom stereocenters. The van der Waals surface area contributed by atoms with Gasteiger partial charge in [0.25, 0.3) is 5.91 Å². The van der Waals surface area contributed by atoms with Gasteiger partial charge in [0, 0.05) is 25.3 Å². The van der Waals surface area contributed by atoms with Crippen LogP contribution in [0.3, 0.4) is 0 Å². The van der Waals surface area contributed by atoms with Gasteiger partial charge in [-0.15, -0.1) is 0 Å². The summed E-state index contributed by atoms with van der Waals surface area (Å²) in [4.78, 5) is 12.3. The third kappa shape index (κ3) is 3.31. The molecule has 2 rings (SSSR count). The fourth-order valence-electron chi connectivity index (χ4n) is 2.90. The summed E-state index contributed by atoms with van der Waals surface area (Å²) in [6.07, 6.45) is 6.60. The number of halogens is 1. The van der Waals surface area contributed by atoms with Gasteiger partial charge < -0.3 is 15.6 Å². The number of hydrogen-bond donors (Lipinski definition) is 2. The molecule has 1 aliphatic rings. The van der Waals surface area contributed by atoms with Crippen molar-refractivity contribution in [1.82, 2.24) is 9.88 Å². The van der Waals surface area contributed by atoms with Crippen LogP contribution in [-0.2, 0) is 6.54 Å². The molecule has 4 nitrogen and oxygen atoms in total. The molecule has 5 heteroatoms. The zero-order chi connectivity index (χ0) is 13.8. The minimum atomic E-state index is -0.0731. The Hall–Kier alpha value is -1.00. The number of nitrogens with zero attached hydrogens (tertiary/aromatic N) is 1. The highest BCUT2D eigenvalue weighted by Crippen LogP contribution is 2.27. The Bertz CT molecular complexity index is 438. The Labute approximate surface area is 119 Å². The molecule has 106 valence electrons. The van der Waals surface area contributed by atoms with Crippen molar-refractivity contribution in [2.24, 2.45) is 11.7 Å². The monoisotopic (exact) mass is 283 g/mol. The molecule has 1 amide bonds. The Balaban J connectivity index is 2.06. The van der Waals surface area contributed by atoms with Gasteiger partial charge in [0.2, 0.25) is 0 Å². The van der Waals surface area contributed by atoms with E-state index < -0.39 is 0 Å². The maximum Gasteiger partial charge on any atom is 0.268 e. The molecule has 1 saturated carbocycles. The summed E-state index contributed by atoms with van der Waals surface area (Å²) in [5, 5.41) is 3.66. The molecular weight excluding hydrogens is 262 g/mol. The van der Waals surface area contributed by atoms with E-state index >= 15 is 0 Å². The van der Waals surface area contributed by atoms with Crippen LogP contribution in [0.2, 0.25) is 5.02 Å². The molecule has 1 aromatic heterocycles. The molecule has 1 aromatic rings. The van der Waals surface area contributed by atoms with Gasteiger partial charge in [-0.3, -0.25) is 4.79 Å². The van der Waals surface area contributed by atoms with Crippen LogP contribution in [-0.4, -0.2) is 23.1 Å². The van der Waals surface area contributed by atoms with E-state index in [0.29, 0.717) is 23.2 Å². The average molecular weight is 284 g/mol. The van der Waals surface area contributed by atoms with Crippen molar-refractivity contribution in [2.75, 3.05) is 6.54 Å². The van der Waals surface area contributed by atoms with E-state index in [4.69, 9.17) is 17.3 Å². The van der Waals surface area contributed by atoms with Crippen molar-refractivity contribution in [2.45, 2.75) is 45.2 Å². The van der Waals surface area contributed by atoms with Crippen molar-refractivity contribution in [3.05, 3.63) is 23.0 Å². The van der Waals surface area contributed by atoms with E-state index in [-0.39, 0.29) is 11.9 Å². The van der Waals surface area contributed by atoms with Crippen LogP contribution in [0.4, 0.5) is 0 Å². The molecule has 19 heavy (non-hydrogen) atoms. The van der Waals surface area contributed by atoms with E-state index in [0.717, 1.165) is 19.4 Å². The standard InChI is InChI=1S/C14H22ClN3O/c1-2-18-9-11(15)7-13(18)14(19)17-12(8-16)10-5-3-4-6-10/h7,9-10,12H,2-6,8,16H2,1H3,(H,17,19). The molecule has 0 saturated heterocycles. The Kier molecular flexibility index (Phi) is 4.88. The minimum absolute atomic E-state index is 0.0731. The molecule has 3 N–H and O–H groups in total. The van der Waals surface area contributed by atoms with E-state index in [2.05, 4.69) is 5.32 Å². The highest BCUT2D eigenvalue weighted by Gasteiger charge is 2.26. The first-order valence-electron chi connectivity index (χ1n) is 7.02. The summed E-state index contributed by atoms with van der Waals surface area (Å²) < 4.78 is 1.86. The van der Waals surface area contributed by atoms with Crippen molar-refractivity contribution in [3.63, 3.8) is 0 Å². The van der Waals surface area contributed by atoms with Gasteiger partial charge in [0.15, 0.2) is 0 Å². The van der Waals surface area contributed by atoms with Crippen molar-refractivity contribution >= 4 is 17.5 Å². The van der Waals surface area contributed by atoms with Crippen LogP contribution < -0.4 is 11.1 Å². The quantitative estimate of drug-likeness (QED) is 0.872. The lowest BCUT2D eigenvalue weighted by atomic mass is 9.98. The maximum atomic E-state index is 12.3. The number of carbonyl (C=O) groups excluding carboxylic acids is 1. The molecule has 1 unspecified atom stereocenters. The largest absolute Gasteiger partial charge is 0.346 e. The molecule has 0 bridgehead atoms. The number of nitrogens with one attached hydrogen (secondary N) is 1. The van der Waals surface area contributed by atoms with Crippen LogP contribution in [0.15, 0.2) is 12.3 Å². The summed E-state index contributed by atoms with van der Waals surface area (Å²) in [5.41, 5.74) is 6.42. The minimum Gasteiger partial charge on any atom is -0.346 e. The Morgan fingerprint density at radius 3 is 2.84 bits per heavy atom. The predicted molar refractivity (Wildman–Crippen MR) is 77.4 cm³/mol. The van der Waals surface area contributed by atoms with Crippen LogP contribution in [0.25, 0.3) is 0 Å². The van der Waals surface area contributed by atoms with Gasteiger partial charge in [0.1, 0.15) is 5.69 Å². The third-order valence-corrected chi connectivity index (χ3v) is 4.18.